The standard InChI is InChI=1S/C24H27N3O3S/c1-16-7-6-10-19(17(16)2)27-23(29)22-20(12-14-31-22)26(24(27)30)15-21(28)25-13-11-18-8-4-3-5-9-18/h6-8,10,12,14H,3-5,9,11,13,15H2,1-2H3,(H,25,28). The Morgan fingerprint density at radius 3 is 2.77 bits per heavy atom. The zero-order valence-corrected chi connectivity index (χ0v) is 18.8. The van der Waals surface area contributed by atoms with Crippen molar-refractivity contribution in [1.82, 2.24) is 14.5 Å². The van der Waals surface area contributed by atoms with E-state index < -0.39 is 5.69 Å². The van der Waals surface area contributed by atoms with Gasteiger partial charge < -0.3 is 5.32 Å². The van der Waals surface area contributed by atoms with E-state index in [2.05, 4.69) is 11.4 Å². The van der Waals surface area contributed by atoms with Crippen LogP contribution in [0.1, 0.15) is 43.2 Å². The monoisotopic (exact) mass is 437 g/mol. The fourth-order valence-electron chi connectivity index (χ4n) is 4.12. The second kappa shape index (κ2) is 9.06. The minimum absolute atomic E-state index is 0.115. The second-order valence-corrected chi connectivity index (χ2v) is 8.99. The van der Waals surface area contributed by atoms with Crippen LogP contribution in [0.3, 0.4) is 0 Å². The van der Waals surface area contributed by atoms with Crippen molar-refractivity contribution in [3.05, 3.63) is 73.3 Å². The molecule has 6 nitrogen and oxygen atoms in total. The lowest BCUT2D eigenvalue weighted by atomic mass is 9.97. The quantitative estimate of drug-likeness (QED) is 0.596. The molecule has 0 bridgehead atoms. The highest BCUT2D eigenvalue weighted by Gasteiger charge is 2.19. The minimum Gasteiger partial charge on any atom is -0.354 e. The van der Waals surface area contributed by atoms with Gasteiger partial charge in [0.15, 0.2) is 0 Å². The summed E-state index contributed by atoms with van der Waals surface area (Å²) >= 11 is 1.29. The molecule has 1 amide bonds. The Labute approximate surface area is 184 Å². The number of nitrogens with zero attached hydrogens (tertiary/aromatic N) is 2. The van der Waals surface area contributed by atoms with Crippen LogP contribution in [0.2, 0.25) is 0 Å². The summed E-state index contributed by atoms with van der Waals surface area (Å²) in [6, 6.07) is 7.28. The lowest BCUT2D eigenvalue weighted by molar-refractivity contribution is -0.121. The number of benzene rings is 1. The topological polar surface area (TPSA) is 73.1 Å². The molecule has 0 saturated carbocycles. The normalized spacial score (nSPS) is 13.9. The average Bonchev–Trinajstić information content (AvgIpc) is 3.25. The Morgan fingerprint density at radius 2 is 2.00 bits per heavy atom. The number of carbonyl (C=O) groups excluding carboxylic acids is 1. The Morgan fingerprint density at radius 1 is 1.16 bits per heavy atom. The third-order valence-electron chi connectivity index (χ3n) is 6.03. The first-order valence-corrected chi connectivity index (χ1v) is 11.6. The van der Waals surface area contributed by atoms with Gasteiger partial charge in [0.05, 0.1) is 11.2 Å². The van der Waals surface area contributed by atoms with Crippen LogP contribution in [-0.4, -0.2) is 21.6 Å². The summed E-state index contributed by atoms with van der Waals surface area (Å²) in [5, 5.41) is 4.71. The third kappa shape index (κ3) is 4.28. The Bertz CT molecular complexity index is 1280. The molecule has 0 unspecified atom stereocenters. The van der Waals surface area contributed by atoms with Gasteiger partial charge in [0.1, 0.15) is 11.2 Å². The second-order valence-electron chi connectivity index (χ2n) is 8.07. The Balaban J connectivity index is 1.65. The third-order valence-corrected chi connectivity index (χ3v) is 6.92. The first-order chi connectivity index (χ1) is 15.0. The van der Waals surface area contributed by atoms with Crippen LogP contribution >= 0.6 is 11.3 Å². The molecule has 0 radical (unpaired) electrons. The molecule has 1 aromatic carbocycles. The first-order valence-electron chi connectivity index (χ1n) is 10.7. The molecule has 2 heterocycles. The highest BCUT2D eigenvalue weighted by atomic mass is 32.1. The molecular formula is C24H27N3O3S. The van der Waals surface area contributed by atoms with Gasteiger partial charge in [-0.1, -0.05) is 23.8 Å². The Hall–Kier alpha value is -2.93. The van der Waals surface area contributed by atoms with E-state index in [1.807, 2.05) is 26.0 Å². The van der Waals surface area contributed by atoms with E-state index in [4.69, 9.17) is 0 Å². The van der Waals surface area contributed by atoms with Crippen molar-refractivity contribution in [3.8, 4) is 5.69 Å². The van der Waals surface area contributed by atoms with E-state index in [0.29, 0.717) is 22.4 Å². The van der Waals surface area contributed by atoms with Crippen molar-refractivity contribution in [2.75, 3.05) is 6.54 Å². The van der Waals surface area contributed by atoms with E-state index in [1.54, 1.807) is 17.5 Å². The van der Waals surface area contributed by atoms with Gasteiger partial charge in [0.25, 0.3) is 5.56 Å². The summed E-state index contributed by atoms with van der Waals surface area (Å²) < 4.78 is 3.08. The molecule has 0 aliphatic heterocycles. The molecule has 7 heteroatoms. The maximum atomic E-state index is 13.4. The molecule has 0 saturated heterocycles. The van der Waals surface area contributed by atoms with Crippen molar-refractivity contribution in [3.63, 3.8) is 0 Å². The average molecular weight is 438 g/mol. The minimum atomic E-state index is -0.491. The van der Waals surface area contributed by atoms with Crippen molar-refractivity contribution in [2.24, 2.45) is 0 Å². The van der Waals surface area contributed by atoms with Crippen LogP contribution in [-0.2, 0) is 11.3 Å². The number of fused-ring (bicyclic) bond motifs is 1. The Kier molecular flexibility index (Phi) is 6.23. The molecule has 1 aliphatic carbocycles. The summed E-state index contributed by atoms with van der Waals surface area (Å²) in [6.07, 6.45) is 7.79. The molecular weight excluding hydrogens is 410 g/mol. The van der Waals surface area contributed by atoms with Crippen LogP contribution in [0.15, 0.2) is 50.9 Å². The lowest BCUT2D eigenvalue weighted by Crippen LogP contribution is -2.41. The summed E-state index contributed by atoms with van der Waals surface area (Å²) in [7, 11) is 0. The number of rotatable bonds is 6. The van der Waals surface area contributed by atoms with Gasteiger partial charge in [-0.25, -0.2) is 9.36 Å². The van der Waals surface area contributed by atoms with Crippen molar-refractivity contribution >= 4 is 27.5 Å². The number of aryl methyl sites for hydroxylation is 1. The summed E-state index contributed by atoms with van der Waals surface area (Å²) in [6.45, 7) is 4.28. The van der Waals surface area contributed by atoms with Gasteiger partial charge in [-0.05, 0) is 74.6 Å². The van der Waals surface area contributed by atoms with Crippen LogP contribution in [0, 0.1) is 13.8 Å². The van der Waals surface area contributed by atoms with E-state index >= 15 is 0 Å². The number of hydrogen-bond donors (Lipinski definition) is 1. The summed E-state index contributed by atoms with van der Waals surface area (Å²) in [4.78, 5) is 39.1. The number of aromatic nitrogens is 2. The van der Waals surface area contributed by atoms with E-state index in [9.17, 15) is 14.4 Å². The van der Waals surface area contributed by atoms with Gasteiger partial charge in [0, 0.05) is 6.54 Å². The predicted octanol–water partition coefficient (Wildman–Crippen LogP) is 3.84. The van der Waals surface area contributed by atoms with E-state index in [0.717, 1.165) is 30.4 Å². The molecule has 1 N–H and O–H groups in total. The zero-order valence-electron chi connectivity index (χ0n) is 17.9. The molecule has 1 aliphatic rings. The van der Waals surface area contributed by atoms with Crippen molar-refractivity contribution in [1.29, 1.82) is 0 Å². The number of nitrogens with one attached hydrogen (secondary N) is 1. The number of hydrogen-bond acceptors (Lipinski definition) is 4. The number of amides is 1. The fourth-order valence-corrected chi connectivity index (χ4v) is 4.95. The molecule has 4 rings (SSSR count). The van der Waals surface area contributed by atoms with Crippen molar-refractivity contribution in [2.45, 2.75) is 52.5 Å². The maximum Gasteiger partial charge on any atom is 0.336 e. The van der Waals surface area contributed by atoms with Gasteiger partial charge in [-0.2, -0.15) is 0 Å². The zero-order chi connectivity index (χ0) is 22.0. The molecule has 0 fully saturated rings. The predicted molar refractivity (Wildman–Crippen MR) is 125 cm³/mol. The van der Waals surface area contributed by atoms with Crippen LogP contribution in [0.25, 0.3) is 15.9 Å². The van der Waals surface area contributed by atoms with Crippen LogP contribution in [0.5, 0.6) is 0 Å². The van der Waals surface area contributed by atoms with Gasteiger partial charge in [0.2, 0.25) is 5.91 Å². The first kappa shape index (κ1) is 21.3. The molecule has 162 valence electrons. The smallest absolute Gasteiger partial charge is 0.336 e. The van der Waals surface area contributed by atoms with Crippen LogP contribution < -0.4 is 16.6 Å². The van der Waals surface area contributed by atoms with Gasteiger partial charge in [-0.3, -0.25) is 14.2 Å². The number of thiophene rings is 1. The number of carbonyl (C=O) groups is 1. The van der Waals surface area contributed by atoms with Crippen LogP contribution in [0.4, 0.5) is 0 Å². The highest BCUT2D eigenvalue weighted by Crippen LogP contribution is 2.20. The van der Waals surface area contributed by atoms with Gasteiger partial charge in [-0.15, -0.1) is 11.3 Å². The van der Waals surface area contributed by atoms with Gasteiger partial charge >= 0.3 is 5.69 Å². The summed E-state index contributed by atoms with van der Waals surface area (Å²) in [5.74, 6) is -0.225. The molecule has 31 heavy (non-hydrogen) atoms. The SMILES string of the molecule is Cc1cccc(-n2c(=O)c3sccc3n(CC(=O)NCCC3=CCCCC3)c2=O)c1C. The van der Waals surface area contributed by atoms with Crippen molar-refractivity contribution < 1.29 is 4.79 Å². The highest BCUT2D eigenvalue weighted by molar-refractivity contribution is 7.17. The molecule has 0 spiro atoms. The molecule has 3 aromatic rings. The fraction of sp³-hybridized carbons (Fsp3) is 0.375. The molecule has 0 atom stereocenters. The van der Waals surface area contributed by atoms with E-state index in [-0.39, 0.29) is 18.0 Å². The lowest BCUT2D eigenvalue weighted by Gasteiger charge is -2.15. The molecule has 2 aromatic heterocycles. The summed E-state index contributed by atoms with van der Waals surface area (Å²) in [5.41, 5.74) is 3.49. The van der Waals surface area contributed by atoms with E-state index in [1.165, 1.54) is 38.9 Å². The number of allylic oxidation sites excluding steroid dienone is 1. The maximum absolute atomic E-state index is 13.4. The largest absolute Gasteiger partial charge is 0.354 e.